The van der Waals surface area contributed by atoms with Crippen molar-refractivity contribution in [1.29, 1.82) is 0 Å². The van der Waals surface area contributed by atoms with Crippen LogP contribution in [0.3, 0.4) is 0 Å². The molecule has 0 heterocycles. The van der Waals surface area contributed by atoms with Gasteiger partial charge in [0.1, 0.15) is 15.8 Å². The summed E-state index contributed by atoms with van der Waals surface area (Å²) in [5, 5.41) is 21.1. The van der Waals surface area contributed by atoms with Gasteiger partial charge in [0.2, 0.25) is 0 Å². The lowest BCUT2D eigenvalue weighted by Gasteiger charge is -2.19. The van der Waals surface area contributed by atoms with E-state index in [1.165, 1.54) is 0 Å². The standard InChI is InChI=1S/C6H7NO6S/c8-4-1-2-6(14(11,12)13)5(3-4)7(9)10/h1-3,8,11-13H/p-1. The van der Waals surface area contributed by atoms with Gasteiger partial charge in [-0.25, -0.2) is 0 Å². The van der Waals surface area contributed by atoms with Crippen LogP contribution in [0.2, 0.25) is 0 Å². The van der Waals surface area contributed by atoms with Crippen LogP contribution in [-0.4, -0.2) is 18.6 Å². The quantitative estimate of drug-likeness (QED) is 0.508. The van der Waals surface area contributed by atoms with Gasteiger partial charge >= 0.3 is 0 Å². The summed E-state index contributed by atoms with van der Waals surface area (Å²) >= 11 is 0. The first kappa shape index (κ1) is 10.7. The fourth-order valence-electron chi connectivity index (χ4n) is 0.871. The lowest BCUT2D eigenvalue weighted by molar-refractivity contribution is -0.388. The first-order chi connectivity index (χ1) is 6.32. The zero-order valence-electron chi connectivity index (χ0n) is 6.65. The van der Waals surface area contributed by atoms with Gasteiger partial charge in [0.15, 0.2) is 0 Å². The summed E-state index contributed by atoms with van der Waals surface area (Å²) in [6.07, 6.45) is 0. The molecule has 0 saturated heterocycles. The van der Waals surface area contributed by atoms with Crippen molar-refractivity contribution in [1.82, 2.24) is 0 Å². The van der Waals surface area contributed by atoms with Gasteiger partial charge in [-0.05, 0) is 6.07 Å². The van der Waals surface area contributed by atoms with Crippen LogP contribution in [0.5, 0.6) is 5.75 Å². The van der Waals surface area contributed by atoms with E-state index in [0.29, 0.717) is 6.07 Å². The van der Waals surface area contributed by atoms with Crippen molar-refractivity contribution in [2.45, 2.75) is 4.90 Å². The molecule has 0 aromatic heterocycles. The molecule has 1 aromatic carbocycles. The fraction of sp³-hybridized carbons (Fsp3) is 0. The number of hydrogen-bond donors (Lipinski definition) is 3. The van der Waals surface area contributed by atoms with Crippen LogP contribution in [-0.2, 0) is 0 Å². The van der Waals surface area contributed by atoms with Crippen LogP contribution in [0.25, 0.3) is 0 Å². The van der Waals surface area contributed by atoms with Crippen molar-refractivity contribution in [3.8, 4) is 5.75 Å². The lowest BCUT2D eigenvalue weighted by atomic mass is 10.3. The van der Waals surface area contributed by atoms with E-state index < -0.39 is 32.1 Å². The Labute approximate surface area is 79.9 Å². The van der Waals surface area contributed by atoms with Crippen molar-refractivity contribution in [3.05, 3.63) is 28.3 Å². The van der Waals surface area contributed by atoms with Crippen LogP contribution in [0.15, 0.2) is 23.1 Å². The third-order valence-corrected chi connectivity index (χ3v) is 2.36. The summed E-state index contributed by atoms with van der Waals surface area (Å²) in [6, 6.07) is 2.32. The van der Waals surface area contributed by atoms with Crippen molar-refractivity contribution < 1.29 is 23.7 Å². The Kier molecular flexibility index (Phi) is 2.62. The van der Waals surface area contributed by atoms with E-state index in [-0.39, 0.29) is 0 Å². The normalized spacial score (nSPS) is 12.5. The van der Waals surface area contributed by atoms with Crippen LogP contribution in [0.4, 0.5) is 5.69 Å². The molecular weight excluding hydrogens is 214 g/mol. The minimum absolute atomic E-state index is 0.611. The highest BCUT2D eigenvalue weighted by Gasteiger charge is 2.26. The molecule has 0 atom stereocenters. The molecule has 14 heavy (non-hydrogen) atoms. The zero-order chi connectivity index (χ0) is 10.9. The van der Waals surface area contributed by atoms with Crippen LogP contribution < -0.4 is 5.11 Å². The Morgan fingerprint density at radius 2 is 1.86 bits per heavy atom. The third-order valence-electron chi connectivity index (χ3n) is 1.42. The van der Waals surface area contributed by atoms with Crippen LogP contribution in [0, 0.1) is 10.1 Å². The molecule has 1 aromatic rings. The van der Waals surface area contributed by atoms with E-state index >= 15 is 0 Å². The summed E-state index contributed by atoms with van der Waals surface area (Å²) in [6.45, 7) is 0. The van der Waals surface area contributed by atoms with E-state index in [1.54, 1.807) is 0 Å². The van der Waals surface area contributed by atoms with Crippen LogP contribution >= 0.6 is 10.9 Å². The van der Waals surface area contributed by atoms with E-state index in [1.807, 2.05) is 0 Å². The lowest BCUT2D eigenvalue weighted by Crippen LogP contribution is -2.02. The maximum absolute atomic E-state index is 10.7. The van der Waals surface area contributed by atoms with Crippen molar-refractivity contribution in [2.24, 2.45) is 0 Å². The number of nitro groups is 1. The highest BCUT2D eigenvalue weighted by atomic mass is 32.3. The molecular formula is C6H6NO6S-. The molecule has 0 saturated carbocycles. The van der Waals surface area contributed by atoms with Crippen molar-refractivity contribution in [3.63, 3.8) is 0 Å². The van der Waals surface area contributed by atoms with Gasteiger partial charge in [0, 0.05) is 6.07 Å². The fourth-order valence-corrected chi connectivity index (χ4v) is 1.54. The number of benzene rings is 1. The SMILES string of the molecule is O=[N+]([O-])c1cc([O-])ccc1S(O)(O)O. The highest BCUT2D eigenvalue weighted by Crippen LogP contribution is 2.48. The number of nitro benzene ring substituents is 1. The predicted molar refractivity (Wildman–Crippen MR) is 46.3 cm³/mol. The van der Waals surface area contributed by atoms with E-state index in [0.717, 1.165) is 12.1 Å². The Hall–Kier alpha value is -1.35. The van der Waals surface area contributed by atoms with E-state index in [2.05, 4.69) is 0 Å². The largest absolute Gasteiger partial charge is 0.872 e. The second-order valence-corrected chi connectivity index (χ2v) is 3.88. The van der Waals surface area contributed by atoms with Gasteiger partial charge in [-0.2, -0.15) is 0 Å². The van der Waals surface area contributed by atoms with E-state index in [9.17, 15) is 15.2 Å². The van der Waals surface area contributed by atoms with Gasteiger partial charge in [-0.1, -0.05) is 6.07 Å². The molecule has 0 amide bonds. The molecule has 0 aliphatic heterocycles. The zero-order valence-corrected chi connectivity index (χ0v) is 7.47. The van der Waals surface area contributed by atoms with E-state index in [4.69, 9.17) is 13.7 Å². The molecule has 0 bridgehead atoms. The Balaban J connectivity index is 3.37. The van der Waals surface area contributed by atoms with Crippen LogP contribution in [0.1, 0.15) is 0 Å². The molecule has 3 N–H and O–H groups in total. The minimum Gasteiger partial charge on any atom is -0.872 e. The van der Waals surface area contributed by atoms with Gasteiger partial charge in [-0.15, -0.1) is 5.75 Å². The van der Waals surface area contributed by atoms with Crippen molar-refractivity contribution in [2.75, 3.05) is 0 Å². The first-order valence-electron chi connectivity index (χ1n) is 3.28. The Bertz CT molecular complexity index is 373. The molecule has 1 rings (SSSR count). The Morgan fingerprint density at radius 1 is 1.29 bits per heavy atom. The molecule has 0 spiro atoms. The molecule has 0 aliphatic rings. The maximum atomic E-state index is 10.7. The smallest absolute Gasteiger partial charge is 0.287 e. The maximum Gasteiger partial charge on any atom is 0.287 e. The summed E-state index contributed by atoms with van der Waals surface area (Å²) < 4.78 is 26.4. The second kappa shape index (κ2) is 3.42. The molecule has 0 aliphatic carbocycles. The third kappa shape index (κ3) is 2.12. The summed E-state index contributed by atoms with van der Waals surface area (Å²) in [5.74, 6) is -0.649. The predicted octanol–water partition coefficient (Wildman–Crippen LogP) is 1.25. The summed E-state index contributed by atoms with van der Waals surface area (Å²) in [4.78, 5) is 8.73. The topological polar surface area (TPSA) is 127 Å². The van der Waals surface area contributed by atoms with Crippen molar-refractivity contribution >= 4 is 16.6 Å². The molecule has 0 unspecified atom stereocenters. The number of hydrogen-bond acceptors (Lipinski definition) is 6. The first-order valence-corrected chi connectivity index (χ1v) is 4.79. The second-order valence-electron chi connectivity index (χ2n) is 2.41. The number of rotatable bonds is 2. The Morgan fingerprint density at radius 3 is 2.29 bits per heavy atom. The van der Waals surface area contributed by atoms with Gasteiger partial charge in [0.25, 0.3) is 5.69 Å². The molecule has 8 heteroatoms. The average Bonchev–Trinajstić information content (AvgIpc) is 2.01. The summed E-state index contributed by atoms with van der Waals surface area (Å²) in [5.41, 5.74) is -0.806. The average molecular weight is 220 g/mol. The monoisotopic (exact) mass is 220 g/mol. The summed E-state index contributed by atoms with van der Waals surface area (Å²) in [7, 11) is -4.18. The highest BCUT2D eigenvalue weighted by molar-refractivity contribution is 8.19. The minimum atomic E-state index is -4.18. The molecule has 0 fully saturated rings. The molecule has 7 nitrogen and oxygen atoms in total. The number of nitrogens with zero attached hydrogens (tertiary/aromatic N) is 1. The molecule has 0 radical (unpaired) electrons. The van der Waals surface area contributed by atoms with Gasteiger partial charge < -0.3 is 18.8 Å². The van der Waals surface area contributed by atoms with Gasteiger partial charge in [-0.3, -0.25) is 10.1 Å². The molecule has 78 valence electrons. The van der Waals surface area contributed by atoms with Gasteiger partial charge in [0.05, 0.1) is 4.92 Å².